The van der Waals surface area contributed by atoms with Crippen molar-refractivity contribution < 1.29 is 0 Å². The summed E-state index contributed by atoms with van der Waals surface area (Å²) < 4.78 is 0. The van der Waals surface area contributed by atoms with Gasteiger partial charge in [-0.3, -0.25) is 0 Å². The predicted octanol–water partition coefficient (Wildman–Crippen LogP) is 2.76. The maximum atomic E-state index is 4.32. The van der Waals surface area contributed by atoms with Crippen LogP contribution in [0.4, 0.5) is 5.82 Å². The zero-order valence-corrected chi connectivity index (χ0v) is 9.50. The van der Waals surface area contributed by atoms with Gasteiger partial charge in [-0.05, 0) is 24.1 Å². The summed E-state index contributed by atoms with van der Waals surface area (Å²) in [4.78, 5) is 6.49. The molecule has 0 amide bonds. The van der Waals surface area contributed by atoms with Gasteiger partial charge in [-0.1, -0.05) is 36.4 Å². The van der Waals surface area contributed by atoms with Crippen LogP contribution in [0.25, 0.3) is 0 Å². The van der Waals surface area contributed by atoms with Crippen molar-refractivity contribution in [2.45, 2.75) is 6.42 Å². The maximum Gasteiger partial charge on any atom is 0.128 e. The lowest BCUT2D eigenvalue weighted by atomic mass is 10.1. The largest absolute Gasteiger partial charge is 0.359 e. The number of hydrogen-bond donors (Lipinski definition) is 0. The molecule has 1 aromatic heterocycles. The molecular weight excluding hydrogens is 196 g/mol. The van der Waals surface area contributed by atoms with E-state index in [0.29, 0.717) is 0 Å². The Balaban J connectivity index is 1.92. The van der Waals surface area contributed by atoms with E-state index >= 15 is 0 Å². The van der Waals surface area contributed by atoms with E-state index in [4.69, 9.17) is 0 Å². The van der Waals surface area contributed by atoms with Crippen LogP contribution < -0.4 is 4.90 Å². The molecule has 82 valence electrons. The zero-order chi connectivity index (χ0) is 11.2. The first-order chi connectivity index (χ1) is 7.86. The van der Waals surface area contributed by atoms with Crippen LogP contribution in [0.1, 0.15) is 5.56 Å². The third kappa shape index (κ3) is 2.83. The standard InChI is InChI=1S/C14H16N2/c1-16(14-9-5-6-11-15-14)12-10-13-7-3-2-4-8-13/h2-9,11H,10,12H2,1H3. The Morgan fingerprint density at radius 1 is 1.00 bits per heavy atom. The minimum absolute atomic E-state index is 0.987. The highest BCUT2D eigenvalue weighted by atomic mass is 15.2. The third-order valence-corrected chi connectivity index (χ3v) is 2.62. The van der Waals surface area contributed by atoms with Gasteiger partial charge in [0, 0.05) is 19.8 Å². The molecule has 16 heavy (non-hydrogen) atoms. The fourth-order valence-corrected chi connectivity index (χ4v) is 1.64. The van der Waals surface area contributed by atoms with Crippen molar-refractivity contribution >= 4 is 5.82 Å². The summed E-state index contributed by atoms with van der Waals surface area (Å²) in [5.74, 6) is 1.03. The zero-order valence-electron chi connectivity index (χ0n) is 9.50. The Hall–Kier alpha value is -1.83. The van der Waals surface area contributed by atoms with Gasteiger partial charge >= 0.3 is 0 Å². The van der Waals surface area contributed by atoms with Crippen LogP contribution in [0.15, 0.2) is 54.7 Å². The second-order valence-corrected chi connectivity index (χ2v) is 3.85. The van der Waals surface area contributed by atoms with Crippen molar-refractivity contribution in [3.05, 3.63) is 60.3 Å². The molecule has 0 aliphatic carbocycles. The van der Waals surface area contributed by atoms with E-state index in [2.05, 4.69) is 41.2 Å². The lowest BCUT2D eigenvalue weighted by molar-refractivity contribution is 0.860. The molecule has 0 atom stereocenters. The topological polar surface area (TPSA) is 16.1 Å². The summed E-state index contributed by atoms with van der Waals surface area (Å²) in [5, 5.41) is 0. The molecule has 1 heterocycles. The Bertz CT molecular complexity index is 411. The Kier molecular flexibility index (Phi) is 3.54. The number of anilines is 1. The molecule has 2 aromatic rings. The highest BCUT2D eigenvalue weighted by molar-refractivity contribution is 5.36. The summed E-state index contributed by atoms with van der Waals surface area (Å²) in [6, 6.07) is 16.5. The first-order valence-corrected chi connectivity index (χ1v) is 5.52. The SMILES string of the molecule is CN(CCc1ccccc1)c1ccccn1. The summed E-state index contributed by atoms with van der Waals surface area (Å²) in [5.41, 5.74) is 1.37. The minimum Gasteiger partial charge on any atom is -0.359 e. The highest BCUT2D eigenvalue weighted by Crippen LogP contribution is 2.08. The normalized spacial score (nSPS) is 10.1. The molecule has 2 rings (SSSR count). The molecule has 0 N–H and O–H groups in total. The number of aromatic nitrogens is 1. The molecule has 0 saturated carbocycles. The van der Waals surface area contributed by atoms with E-state index in [1.165, 1.54) is 5.56 Å². The van der Waals surface area contributed by atoms with Gasteiger partial charge in [-0.15, -0.1) is 0 Å². The minimum atomic E-state index is 0.987. The van der Waals surface area contributed by atoms with Crippen molar-refractivity contribution in [2.75, 3.05) is 18.5 Å². The van der Waals surface area contributed by atoms with Gasteiger partial charge in [-0.25, -0.2) is 4.98 Å². The molecule has 0 aliphatic rings. The van der Waals surface area contributed by atoms with E-state index in [-0.39, 0.29) is 0 Å². The van der Waals surface area contributed by atoms with Crippen molar-refractivity contribution in [3.8, 4) is 0 Å². The Labute approximate surface area is 96.6 Å². The van der Waals surface area contributed by atoms with Crippen molar-refractivity contribution in [1.82, 2.24) is 4.98 Å². The van der Waals surface area contributed by atoms with E-state index < -0.39 is 0 Å². The molecule has 0 aliphatic heterocycles. The van der Waals surface area contributed by atoms with Gasteiger partial charge in [0.1, 0.15) is 5.82 Å². The van der Waals surface area contributed by atoms with Gasteiger partial charge in [0.2, 0.25) is 0 Å². The van der Waals surface area contributed by atoms with Crippen molar-refractivity contribution in [2.24, 2.45) is 0 Å². The number of pyridine rings is 1. The lowest BCUT2D eigenvalue weighted by Gasteiger charge is -2.17. The smallest absolute Gasteiger partial charge is 0.128 e. The van der Waals surface area contributed by atoms with Crippen LogP contribution in [-0.2, 0) is 6.42 Å². The molecule has 0 spiro atoms. The highest BCUT2D eigenvalue weighted by Gasteiger charge is 2.00. The maximum absolute atomic E-state index is 4.32. The average Bonchev–Trinajstić information content (AvgIpc) is 2.38. The van der Waals surface area contributed by atoms with Gasteiger partial charge in [0.15, 0.2) is 0 Å². The average molecular weight is 212 g/mol. The van der Waals surface area contributed by atoms with Gasteiger partial charge in [-0.2, -0.15) is 0 Å². The molecule has 1 aromatic carbocycles. The van der Waals surface area contributed by atoms with E-state index in [1.54, 1.807) is 0 Å². The first kappa shape index (κ1) is 10.7. The second-order valence-electron chi connectivity index (χ2n) is 3.85. The summed E-state index contributed by atoms with van der Waals surface area (Å²) >= 11 is 0. The fourth-order valence-electron chi connectivity index (χ4n) is 1.64. The molecule has 0 fully saturated rings. The van der Waals surface area contributed by atoms with Gasteiger partial charge in [0.25, 0.3) is 0 Å². The van der Waals surface area contributed by atoms with Crippen LogP contribution in [0, 0.1) is 0 Å². The molecule has 2 heteroatoms. The second kappa shape index (κ2) is 5.31. The molecule has 0 radical (unpaired) electrons. The number of benzene rings is 1. The quantitative estimate of drug-likeness (QED) is 0.774. The summed E-state index contributed by atoms with van der Waals surface area (Å²) in [6.07, 6.45) is 2.88. The number of nitrogens with zero attached hydrogens (tertiary/aromatic N) is 2. The molecule has 0 unspecified atom stereocenters. The van der Waals surface area contributed by atoms with Crippen LogP contribution >= 0.6 is 0 Å². The number of likely N-dealkylation sites (N-methyl/N-ethyl adjacent to an activating group) is 1. The van der Waals surface area contributed by atoms with Crippen LogP contribution in [0.3, 0.4) is 0 Å². The molecular formula is C14H16N2. The van der Waals surface area contributed by atoms with E-state index in [9.17, 15) is 0 Å². The third-order valence-electron chi connectivity index (χ3n) is 2.62. The predicted molar refractivity (Wildman–Crippen MR) is 67.7 cm³/mol. The lowest BCUT2D eigenvalue weighted by Crippen LogP contribution is -2.21. The summed E-state index contributed by atoms with van der Waals surface area (Å²) in [7, 11) is 2.07. The van der Waals surface area contributed by atoms with Crippen LogP contribution in [0.2, 0.25) is 0 Å². The first-order valence-electron chi connectivity index (χ1n) is 5.52. The van der Waals surface area contributed by atoms with E-state index in [0.717, 1.165) is 18.8 Å². The van der Waals surface area contributed by atoms with Crippen LogP contribution in [-0.4, -0.2) is 18.6 Å². The molecule has 0 saturated heterocycles. The van der Waals surface area contributed by atoms with Crippen molar-refractivity contribution in [1.29, 1.82) is 0 Å². The fraction of sp³-hybridized carbons (Fsp3) is 0.214. The number of rotatable bonds is 4. The monoisotopic (exact) mass is 212 g/mol. The molecule has 0 bridgehead atoms. The number of hydrogen-bond acceptors (Lipinski definition) is 2. The van der Waals surface area contributed by atoms with Gasteiger partial charge < -0.3 is 4.90 Å². The summed E-state index contributed by atoms with van der Waals surface area (Å²) in [6.45, 7) is 0.987. The van der Waals surface area contributed by atoms with Crippen molar-refractivity contribution in [3.63, 3.8) is 0 Å². The Morgan fingerprint density at radius 2 is 1.75 bits per heavy atom. The molecule has 2 nitrogen and oxygen atoms in total. The van der Waals surface area contributed by atoms with Gasteiger partial charge in [0.05, 0.1) is 0 Å². The Morgan fingerprint density at radius 3 is 2.44 bits per heavy atom. The van der Waals surface area contributed by atoms with E-state index in [1.807, 2.05) is 30.5 Å². The van der Waals surface area contributed by atoms with Crippen LogP contribution in [0.5, 0.6) is 0 Å².